The molecule has 4 rings (SSSR count). The standard InChI is InChI=1S/C12H13ClN4O2S/c1-12(2)18-6-5-20-8(7(6)19-12)10-15-16-11-9(13)14-3-4-17(10)11/h3-4,6-8H,5H2,1-2H3/t6?,7-,8+/m0/s1. The van der Waals surface area contributed by atoms with E-state index < -0.39 is 5.79 Å². The summed E-state index contributed by atoms with van der Waals surface area (Å²) in [7, 11) is 0. The second-order valence-corrected chi connectivity index (χ2v) is 6.89. The molecule has 6 nitrogen and oxygen atoms in total. The van der Waals surface area contributed by atoms with Crippen LogP contribution in [0.1, 0.15) is 24.9 Å². The average molecular weight is 313 g/mol. The molecular weight excluding hydrogens is 300 g/mol. The van der Waals surface area contributed by atoms with E-state index in [-0.39, 0.29) is 17.5 Å². The Morgan fingerprint density at radius 2 is 2.25 bits per heavy atom. The topological polar surface area (TPSA) is 61.5 Å². The molecule has 2 aliphatic heterocycles. The Morgan fingerprint density at radius 3 is 3.10 bits per heavy atom. The van der Waals surface area contributed by atoms with Crippen LogP contribution in [0.5, 0.6) is 0 Å². The number of nitrogens with zero attached hydrogens (tertiary/aromatic N) is 4. The van der Waals surface area contributed by atoms with E-state index in [0.29, 0.717) is 10.8 Å². The number of halogens is 1. The number of rotatable bonds is 1. The van der Waals surface area contributed by atoms with Gasteiger partial charge >= 0.3 is 0 Å². The fourth-order valence-corrected chi connectivity index (χ4v) is 4.34. The van der Waals surface area contributed by atoms with Crippen molar-refractivity contribution in [2.75, 3.05) is 5.75 Å². The van der Waals surface area contributed by atoms with Crippen molar-refractivity contribution in [3.8, 4) is 0 Å². The first-order valence-corrected chi connectivity index (χ1v) is 7.80. The molecule has 0 aromatic carbocycles. The maximum Gasteiger partial charge on any atom is 0.198 e. The summed E-state index contributed by atoms with van der Waals surface area (Å²) in [5.74, 6) is 1.20. The lowest BCUT2D eigenvalue weighted by molar-refractivity contribution is -0.145. The average Bonchev–Trinajstić information content (AvgIpc) is 3.01. The zero-order valence-electron chi connectivity index (χ0n) is 11.0. The highest BCUT2D eigenvalue weighted by Gasteiger charge is 2.51. The largest absolute Gasteiger partial charge is 0.344 e. The summed E-state index contributed by atoms with van der Waals surface area (Å²) >= 11 is 7.81. The minimum absolute atomic E-state index is 0.00524. The number of ether oxygens (including phenoxy) is 2. The predicted molar refractivity (Wildman–Crippen MR) is 74.8 cm³/mol. The summed E-state index contributed by atoms with van der Waals surface area (Å²) < 4.78 is 13.8. The van der Waals surface area contributed by atoms with Crippen molar-refractivity contribution in [2.24, 2.45) is 0 Å². The van der Waals surface area contributed by atoms with Crippen LogP contribution in [0.3, 0.4) is 0 Å². The Kier molecular flexibility index (Phi) is 2.76. The third kappa shape index (κ3) is 1.84. The molecule has 0 aliphatic carbocycles. The quantitative estimate of drug-likeness (QED) is 0.803. The number of aromatic nitrogens is 4. The van der Waals surface area contributed by atoms with Crippen molar-refractivity contribution in [2.45, 2.75) is 37.1 Å². The molecule has 0 bridgehead atoms. The second kappa shape index (κ2) is 4.30. The van der Waals surface area contributed by atoms with Gasteiger partial charge in [-0.1, -0.05) is 11.6 Å². The highest BCUT2D eigenvalue weighted by atomic mass is 35.5. The van der Waals surface area contributed by atoms with Crippen LogP contribution >= 0.6 is 23.4 Å². The maximum absolute atomic E-state index is 6.04. The summed E-state index contributed by atoms with van der Waals surface area (Å²) in [6.45, 7) is 3.88. The van der Waals surface area contributed by atoms with Crippen LogP contribution in [0.15, 0.2) is 12.4 Å². The predicted octanol–water partition coefficient (Wildman–Crippen LogP) is 2.09. The summed E-state index contributed by atoms with van der Waals surface area (Å²) in [4.78, 5) is 4.02. The van der Waals surface area contributed by atoms with E-state index in [1.54, 1.807) is 18.0 Å². The Balaban J connectivity index is 1.75. The summed E-state index contributed by atoms with van der Waals surface area (Å²) in [5.41, 5.74) is 0.575. The minimum Gasteiger partial charge on any atom is -0.344 e. The van der Waals surface area contributed by atoms with Crippen LogP contribution < -0.4 is 0 Å². The number of hydrogen-bond acceptors (Lipinski definition) is 6. The van der Waals surface area contributed by atoms with Crippen LogP contribution in [0, 0.1) is 0 Å². The first-order chi connectivity index (χ1) is 9.55. The van der Waals surface area contributed by atoms with Gasteiger partial charge in [0.1, 0.15) is 6.10 Å². The number of hydrogen-bond donors (Lipinski definition) is 0. The first-order valence-electron chi connectivity index (χ1n) is 6.37. The molecular formula is C12H13ClN4O2S. The van der Waals surface area contributed by atoms with E-state index >= 15 is 0 Å². The van der Waals surface area contributed by atoms with Gasteiger partial charge in [0.15, 0.2) is 22.4 Å². The Bertz CT molecular complexity index is 677. The Morgan fingerprint density at radius 1 is 1.40 bits per heavy atom. The highest BCUT2D eigenvalue weighted by molar-refractivity contribution is 7.99. The van der Waals surface area contributed by atoms with Gasteiger partial charge in [0.05, 0.1) is 11.4 Å². The molecule has 106 valence electrons. The van der Waals surface area contributed by atoms with Gasteiger partial charge in [-0.05, 0) is 13.8 Å². The van der Waals surface area contributed by atoms with Crippen LogP contribution in [-0.2, 0) is 9.47 Å². The molecule has 2 saturated heterocycles. The molecule has 8 heteroatoms. The normalized spacial score (nSPS) is 31.9. The lowest BCUT2D eigenvalue weighted by Gasteiger charge is -2.20. The van der Waals surface area contributed by atoms with Crippen molar-refractivity contribution in [3.05, 3.63) is 23.4 Å². The van der Waals surface area contributed by atoms with Crippen LogP contribution in [0.2, 0.25) is 5.15 Å². The van der Waals surface area contributed by atoms with Gasteiger partial charge in [0, 0.05) is 18.1 Å². The molecule has 0 radical (unpaired) electrons. The molecule has 0 saturated carbocycles. The smallest absolute Gasteiger partial charge is 0.198 e. The summed E-state index contributed by atoms with van der Waals surface area (Å²) in [5, 5.41) is 8.85. The molecule has 2 aliphatic rings. The van der Waals surface area contributed by atoms with Gasteiger partial charge in [0.25, 0.3) is 0 Å². The number of fused-ring (bicyclic) bond motifs is 2. The van der Waals surface area contributed by atoms with Crippen LogP contribution in [0.25, 0.3) is 5.65 Å². The van der Waals surface area contributed by atoms with Crippen molar-refractivity contribution in [3.63, 3.8) is 0 Å². The molecule has 2 aromatic rings. The molecule has 0 spiro atoms. The van der Waals surface area contributed by atoms with Gasteiger partial charge in [-0.3, -0.25) is 4.40 Å². The molecule has 2 fully saturated rings. The SMILES string of the molecule is CC1(C)OC2CS[C@@H](c3nnc4c(Cl)nccn34)[C@H]2O1. The number of thioether (sulfide) groups is 1. The van der Waals surface area contributed by atoms with Crippen LogP contribution in [-0.4, -0.2) is 43.3 Å². The molecule has 0 amide bonds. The summed E-state index contributed by atoms with van der Waals surface area (Å²) in [6.07, 6.45) is 3.57. The third-order valence-electron chi connectivity index (χ3n) is 3.52. The monoisotopic (exact) mass is 312 g/mol. The van der Waals surface area contributed by atoms with E-state index in [0.717, 1.165) is 11.6 Å². The van der Waals surface area contributed by atoms with Gasteiger partial charge in [-0.25, -0.2) is 4.98 Å². The van der Waals surface area contributed by atoms with E-state index in [2.05, 4.69) is 15.2 Å². The van der Waals surface area contributed by atoms with Crippen molar-refractivity contribution in [1.29, 1.82) is 0 Å². The van der Waals surface area contributed by atoms with E-state index in [1.165, 1.54) is 0 Å². The lowest BCUT2D eigenvalue weighted by atomic mass is 10.1. The van der Waals surface area contributed by atoms with E-state index in [4.69, 9.17) is 21.1 Å². The third-order valence-corrected chi connectivity index (χ3v) is 5.15. The first kappa shape index (κ1) is 12.8. The van der Waals surface area contributed by atoms with Gasteiger partial charge < -0.3 is 9.47 Å². The van der Waals surface area contributed by atoms with Crippen molar-refractivity contribution < 1.29 is 9.47 Å². The van der Waals surface area contributed by atoms with Crippen molar-refractivity contribution >= 4 is 29.0 Å². The van der Waals surface area contributed by atoms with Gasteiger partial charge in [-0.15, -0.1) is 22.0 Å². The fraction of sp³-hybridized carbons (Fsp3) is 0.583. The molecule has 1 unspecified atom stereocenters. The maximum atomic E-state index is 6.04. The Hall–Kier alpha value is -0.890. The molecule has 2 aromatic heterocycles. The molecule has 20 heavy (non-hydrogen) atoms. The fourth-order valence-electron chi connectivity index (χ4n) is 2.77. The van der Waals surface area contributed by atoms with E-state index in [1.807, 2.05) is 24.4 Å². The minimum atomic E-state index is -0.533. The van der Waals surface area contributed by atoms with Crippen LogP contribution in [0.4, 0.5) is 0 Å². The summed E-state index contributed by atoms with van der Waals surface area (Å²) in [6, 6.07) is 0. The molecule has 4 heterocycles. The molecule has 3 atom stereocenters. The van der Waals surface area contributed by atoms with Gasteiger partial charge in [-0.2, -0.15) is 0 Å². The second-order valence-electron chi connectivity index (χ2n) is 5.36. The van der Waals surface area contributed by atoms with Crippen molar-refractivity contribution in [1.82, 2.24) is 19.6 Å². The zero-order valence-corrected chi connectivity index (χ0v) is 12.6. The Labute approximate surface area is 124 Å². The van der Waals surface area contributed by atoms with E-state index in [9.17, 15) is 0 Å². The highest BCUT2D eigenvalue weighted by Crippen LogP contribution is 2.48. The van der Waals surface area contributed by atoms with Gasteiger partial charge in [0.2, 0.25) is 0 Å². The zero-order chi connectivity index (χ0) is 13.9. The molecule has 0 N–H and O–H groups in total. The lowest BCUT2D eigenvalue weighted by Crippen LogP contribution is -2.24.